The highest BCUT2D eigenvalue weighted by atomic mass is 32.1. The van der Waals surface area contributed by atoms with E-state index in [0.29, 0.717) is 10.9 Å². The average molecular weight is 432 g/mol. The Morgan fingerprint density at radius 1 is 1.07 bits per heavy atom. The van der Waals surface area contributed by atoms with Crippen molar-refractivity contribution in [3.8, 4) is 0 Å². The zero-order valence-corrected chi connectivity index (χ0v) is 16.8. The third kappa shape index (κ3) is 4.88. The number of aryl methyl sites for hydroxylation is 1. The number of nitrogens with one attached hydrogen (secondary N) is 1. The molecule has 1 unspecified atom stereocenters. The second-order valence-corrected chi connectivity index (χ2v) is 8.07. The molecule has 0 aliphatic rings. The SMILES string of the molecule is Cc1ccc(C(C(=O)NCc2ccccc2)c2ccc(C(N)=O)cc2C(F)(F)F)s1. The first kappa shape index (κ1) is 21.6. The maximum absolute atomic E-state index is 13.8. The Bertz CT molecular complexity index is 1060. The Labute approximate surface area is 175 Å². The average Bonchev–Trinajstić information content (AvgIpc) is 3.12. The summed E-state index contributed by atoms with van der Waals surface area (Å²) < 4.78 is 41.4. The number of primary amides is 1. The van der Waals surface area contributed by atoms with Crippen molar-refractivity contribution in [1.29, 1.82) is 0 Å². The van der Waals surface area contributed by atoms with Gasteiger partial charge in [-0.1, -0.05) is 36.4 Å². The van der Waals surface area contributed by atoms with Gasteiger partial charge in [0, 0.05) is 21.9 Å². The number of benzene rings is 2. The molecule has 1 heterocycles. The van der Waals surface area contributed by atoms with Gasteiger partial charge in [0.05, 0.1) is 11.5 Å². The van der Waals surface area contributed by atoms with Gasteiger partial charge in [0.25, 0.3) is 0 Å². The molecule has 1 aromatic heterocycles. The molecule has 2 aromatic carbocycles. The quantitative estimate of drug-likeness (QED) is 0.597. The summed E-state index contributed by atoms with van der Waals surface area (Å²) in [5.74, 6) is -2.70. The van der Waals surface area contributed by atoms with E-state index in [2.05, 4.69) is 5.32 Å². The van der Waals surface area contributed by atoms with Gasteiger partial charge in [-0.25, -0.2) is 0 Å². The van der Waals surface area contributed by atoms with Crippen LogP contribution in [0.4, 0.5) is 13.2 Å². The smallest absolute Gasteiger partial charge is 0.366 e. The summed E-state index contributed by atoms with van der Waals surface area (Å²) in [6, 6.07) is 15.6. The lowest BCUT2D eigenvalue weighted by Gasteiger charge is -2.21. The largest absolute Gasteiger partial charge is 0.416 e. The van der Waals surface area contributed by atoms with Crippen LogP contribution in [0.5, 0.6) is 0 Å². The minimum Gasteiger partial charge on any atom is -0.366 e. The molecule has 0 radical (unpaired) electrons. The number of hydrogen-bond acceptors (Lipinski definition) is 3. The summed E-state index contributed by atoms with van der Waals surface area (Å²) >= 11 is 1.25. The number of hydrogen-bond donors (Lipinski definition) is 2. The highest BCUT2D eigenvalue weighted by molar-refractivity contribution is 7.12. The number of halogens is 3. The van der Waals surface area contributed by atoms with Crippen LogP contribution in [0.3, 0.4) is 0 Å². The molecule has 8 heteroatoms. The normalized spacial score (nSPS) is 12.4. The second-order valence-electron chi connectivity index (χ2n) is 6.75. The molecular formula is C22H19F3N2O2S. The molecule has 3 rings (SSSR count). The van der Waals surface area contributed by atoms with E-state index in [4.69, 9.17) is 5.73 Å². The highest BCUT2D eigenvalue weighted by Crippen LogP contribution is 2.40. The topological polar surface area (TPSA) is 72.2 Å². The summed E-state index contributed by atoms with van der Waals surface area (Å²) in [6.45, 7) is 2.00. The first-order valence-electron chi connectivity index (χ1n) is 9.05. The van der Waals surface area contributed by atoms with E-state index < -0.39 is 29.5 Å². The van der Waals surface area contributed by atoms with Crippen LogP contribution < -0.4 is 11.1 Å². The molecule has 156 valence electrons. The van der Waals surface area contributed by atoms with Gasteiger partial charge in [0.1, 0.15) is 0 Å². The third-order valence-electron chi connectivity index (χ3n) is 4.57. The van der Waals surface area contributed by atoms with Gasteiger partial charge in [0.2, 0.25) is 11.8 Å². The second kappa shape index (κ2) is 8.71. The molecular weight excluding hydrogens is 413 g/mol. The molecule has 0 aliphatic heterocycles. The Morgan fingerprint density at radius 3 is 2.33 bits per heavy atom. The molecule has 30 heavy (non-hydrogen) atoms. The van der Waals surface area contributed by atoms with Crippen LogP contribution in [0.2, 0.25) is 0 Å². The lowest BCUT2D eigenvalue weighted by Crippen LogP contribution is -2.30. The maximum atomic E-state index is 13.8. The van der Waals surface area contributed by atoms with E-state index in [9.17, 15) is 22.8 Å². The molecule has 0 saturated heterocycles. The van der Waals surface area contributed by atoms with Crippen LogP contribution in [-0.2, 0) is 17.5 Å². The van der Waals surface area contributed by atoms with Crippen molar-refractivity contribution < 1.29 is 22.8 Å². The first-order valence-corrected chi connectivity index (χ1v) is 9.87. The van der Waals surface area contributed by atoms with Crippen molar-refractivity contribution in [2.45, 2.75) is 25.6 Å². The van der Waals surface area contributed by atoms with Gasteiger partial charge in [-0.05, 0) is 42.3 Å². The Morgan fingerprint density at radius 2 is 1.77 bits per heavy atom. The third-order valence-corrected chi connectivity index (χ3v) is 5.64. The van der Waals surface area contributed by atoms with Gasteiger partial charge in [-0.15, -0.1) is 11.3 Å². The van der Waals surface area contributed by atoms with Gasteiger partial charge in [-0.2, -0.15) is 13.2 Å². The van der Waals surface area contributed by atoms with Gasteiger partial charge < -0.3 is 11.1 Å². The van der Waals surface area contributed by atoms with Crippen molar-refractivity contribution in [2.24, 2.45) is 5.73 Å². The van der Waals surface area contributed by atoms with Crippen LogP contribution in [0.15, 0.2) is 60.7 Å². The number of alkyl halides is 3. The fourth-order valence-corrected chi connectivity index (χ4v) is 4.12. The maximum Gasteiger partial charge on any atom is 0.416 e. The van der Waals surface area contributed by atoms with Crippen molar-refractivity contribution in [1.82, 2.24) is 5.32 Å². The molecule has 3 aromatic rings. The minimum atomic E-state index is -4.76. The minimum absolute atomic E-state index is 0.182. The van der Waals surface area contributed by atoms with Gasteiger partial charge in [-0.3, -0.25) is 9.59 Å². The molecule has 0 saturated carbocycles. The van der Waals surface area contributed by atoms with Gasteiger partial charge >= 0.3 is 6.18 Å². The van der Waals surface area contributed by atoms with Crippen LogP contribution in [0.1, 0.15) is 42.7 Å². The zero-order chi connectivity index (χ0) is 21.9. The fraction of sp³-hybridized carbons (Fsp3) is 0.182. The van der Waals surface area contributed by atoms with E-state index in [1.165, 1.54) is 17.4 Å². The summed E-state index contributed by atoms with van der Waals surface area (Å²) in [7, 11) is 0. The molecule has 0 spiro atoms. The van der Waals surface area contributed by atoms with E-state index in [-0.39, 0.29) is 17.7 Å². The Balaban J connectivity index is 2.04. The van der Waals surface area contributed by atoms with Crippen molar-refractivity contribution in [3.63, 3.8) is 0 Å². The summed E-state index contributed by atoms with van der Waals surface area (Å²) in [5, 5.41) is 2.73. The fourth-order valence-electron chi connectivity index (χ4n) is 3.13. The zero-order valence-electron chi connectivity index (χ0n) is 16.0. The van der Waals surface area contributed by atoms with Gasteiger partial charge in [0.15, 0.2) is 0 Å². The van der Waals surface area contributed by atoms with E-state index in [0.717, 1.165) is 16.5 Å². The number of carbonyl (C=O) groups is 2. The van der Waals surface area contributed by atoms with E-state index in [1.54, 1.807) is 12.1 Å². The summed E-state index contributed by atoms with van der Waals surface area (Å²) in [4.78, 5) is 25.8. The van der Waals surface area contributed by atoms with E-state index >= 15 is 0 Å². The number of rotatable bonds is 6. The molecule has 0 fully saturated rings. The highest BCUT2D eigenvalue weighted by Gasteiger charge is 2.38. The number of thiophene rings is 1. The predicted molar refractivity (Wildman–Crippen MR) is 109 cm³/mol. The number of amides is 2. The lowest BCUT2D eigenvalue weighted by molar-refractivity contribution is -0.138. The van der Waals surface area contributed by atoms with Crippen molar-refractivity contribution >= 4 is 23.2 Å². The lowest BCUT2D eigenvalue weighted by atomic mass is 9.90. The monoisotopic (exact) mass is 432 g/mol. The molecule has 0 aliphatic carbocycles. The molecule has 4 nitrogen and oxygen atoms in total. The molecule has 2 amide bonds. The predicted octanol–water partition coefficient (Wildman–Crippen LogP) is 4.62. The number of nitrogens with two attached hydrogens (primary N) is 1. The van der Waals surface area contributed by atoms with Crippen molar-refractivity contribution in [2.75, 3.05) is 0 Å². The van der Waals surface area contributed by atoms with Crippen LogP contribution in [-0.4, -0.2) is 11.8 Å². The Hall–Kier alpha value is -3.13. The summed E-state index contributed by atoms with van der Waals surface area (Å²) in [5.41, 5.74) is 4.44. The molecule has 3 N–H and O–H groups in total. The molecule has 0 bridgehead atoms. The standard InChI is InChI=1S/C22H19F3N2O2S/c1-13-7-10-18(30-13)19(21(29)27-12-14-5-3-2-4-6-14)16-9-8-15(20(26)28)11-17(16)22(23,24)25/h2-11,19H,12H2,1H3,(H2,26,28)(H,27,29). The van der Waals surface area contributed by atoms with Crippen molar-refractivity contribution in [3.05, 3.63) is 92.7 Å². The van der Waals surface area contributed by atoms with E-state index in [1.807, 2.05) is 37.3 Å². The Kier molecular flexibility index (Phi) is 6.26. The van der Waals surface area contributed by atoms with Crippen LogP contribution in [0, 0.1) is 6.92 Å². The van der Waals surface area contributed by atoms with Crippen LogP contribution >= 0.6 is 11.3 Å². The molecule has 1 atom stereocenters. The first-order chi connectivity index (χ1) is 14.2. The number of carbonyl (C=O) groups excluding carboxylic acids is 2. The van der Waals surface area contributed by atoms with Crippen LogP contribution in [0.25, 0.3) is 0 Å². The summed E-state index contributed by atoms with van der Waals surface area (Å²) in [6.07, 6.45) is -4.76.